The summed E-state index contributed by atoms with van der Waals surface area (Å²) in [5.41, 5.74) is 0. The second-order valence-corrected chi connectivity index (χ2v) is 5.40. The molecule has 0 bridgehead atoms. The van der Waals surface area contributed by atoms with E-state index in [0.717, 1.165) is 6.26 Å². The lowest BCUT2D eigenvalue weighted by atomic mass is 10.4. The summed E-state index contributed by atoms with van der Waals surface area (Å²) in [6, 6.07) is 8.22. The highest BCUT2D eigenvalue weighted by Crippen LogP contribution is 2.13. The SMILES string of the molecule is CS(=O)(=O)[N-]S(=O)c1ccccc1. The van der Waals surface area contributed by atoms with Crippen LogP contribution in [-0.4, -0.2) is 18.9 Å². The Kier molecular flexibility index (Phi) is 3.18. The molecule has 4 nitrogen and oxygen atoms in total. The summed E-state index contributed by atoms with van der Waals surface area (Å²) in [4.78, 5) is 0.382. The Morgan fingerprint density at radius 2 is 1.77 bits per heavy atom. The number of rotatable bonds is 3. The Bertz CT molecular complexity index is 399. The van der Waals surface area contributed by atoms with Gasteiger partial charge in [0, 0.05) is 11.2 Å². The molecule has 0 saturated heterocycles. The molecule has 0 fully saturated rings. The lowest BCUT2D eigenvalue weighted by Crippen LogP contribution is -1.98. The van der Waals surface area contributed by atoms with Crippen LogP contribution in [0.2, 0.25) is 0 Å². The molecule has 6 heteroatoms. The van der Waals surface area contributed by atoms with Crippen LogP contribution >= 0.6 is 0 Å². The van der Waals surface area contributed by atoms with E-state index in [4.69, 9.17) is 0 Å². The van der Waals surface area contributed by atoms with Gasteiger partial charge >= 0.3 is 0 Å². The lowest BCUT2D eigenvalue weighted by Gasteiger charge is -2.15. The molecule has 0 aliphatic carbocycles. The van der Waals surface area contributed by atoms with E-state index in [0.29, 0.717) is 4.90 Å². The van der Waals surface area contributed by atoms with E-state index in [2.05, 4.69) is 4.13 Å². The molecular weight excluding hydrogens is 210 g/mol. The van der Waals surface area contributed by atoms with Crippen LogP contribution in [0.5, 0.6) is 0 Å². The number of benzene rings is 1. The second-order valence-electron chi connectivity index (χ2n) is 2.37. The van der Waals surface area contributed by atoms with Crippen molar-refractivity contribution in [2.45, 2.75) is 4.90 Å². The van der Waals surface area contributed by atoms with E-state index in [9.17, 15) is 12.6 Å². The van der Waals surface area contributed by atoms with Crippen molar-refractivity contribution in [1.82, 2.24) is 0 Å². The zero-order chi connectivity index (χ0) is 9.90. The smallest absolute Gasteiger partial charge is 0.0786 e. The third-order valence-corrected chi connectivity index (χ3v) is 3.45. The normalized spacial score (nSPS) is 13.9. The van der Waals surface area contributed by atoms with Crippen molar-refractivity contribution in [3.05, 3.63) is 34.5 Å². The van der Waals surface area contributed by atoms with Crippen molar-refractivity contribution in [3.8, 4) is 0 Å². The molecule has 1 unspecified atom stereocenters. The summed E-state index contributed by atoms with van der Waals surface area (Å²) in [5, 5.41) is 0. The Morgan fingerprint density at radius 3 is 2.23 bits per heavy atom. The monoisotopic (exact) mass is 218 g/mol. The molecule has 0 heterocycles. The van der Waals surface area contributed by atoms with Crippen molar-refractivity contribution >= 4 is 21.0 Å². The lowest BCUT2D eigenvalue weighted by molar-refractivity contribution is 0.609. The van der Waals surface area contributed by atoms with Crippen LogP contribution in [0.4, 0.5) is 0 Å². The van der Waals surface area contributed by atoms with Gasteiger partial charge in [-0.05, 0) is 23.1 Å². The Morgan fingerprint density at radius 1 is 1.23 bits per heavy atom. The van der Waals surface area contributed by atoms with Gasteiger partial charge in [-0.15, -0.1) is 0 Å². The summed E-state index contributed by atoms with van der Waals surface area (Å²) < 4.78 is 35.7. The molecule has 0 N–H and O–H groups in total. The fraction of sp³-hybridized carbons (Fsp3) is 0.143. The van der Waals surface area contributed by atoms with Crippen LogP contribution < -0.4 is 0 Å². The van der Waals surface area contributed by atoms with E-state index in [1.54, 1.807) is 30.3 Å². The molecule has 0 saturated carbocycles. The fourth-order valence-corrected chi connectivity index (χ4v) is 2.42. The number of hydrogen-bond donors (Lipinski definition) is 0. The molecule has 1 aromatic rings. The standard InChI is InChI=1S/C7H8NO3S2/c1-13(10,11)8-12(9)7-5-3-2-4-6-7/h2-6H,1H3/q-1. The highest BCUT2D eigenvalue weighted by atomic mass is 32.3. The first-order chi connectivity index (χ1) is 5.99. The third-order valence-electron chi connectivity index (χ3n) is 1.15. The summed E-state index contributed by atoms with van der Waals surface area (Å²) >= 11 is 0. The van der Waals surface area contributed by atoms with Crippen LogP contribution in [0.3, 0.4) is 0 Å². The van der Waals surface area contributed by atoms with Crippen LogP contribution in [0, 0.1) is 0 Å². The van der Waals surface area contributed by atoms with Gasteiger partial charge in [0.05, 0.1) is 10.0 Å². The Hall–Kier alpha value is -0.720. The largest absolute Gasteiger partial charge is 0.459 e. The zero-order valence-corrected chi connectivity index (χ0v) is 8.51. The van der Waals surface area contributed by atoms with Crippen LogP contribution in [-0.2, 0) is 21.0 Å². The van der Waals surface area contributed by atoms with E-state index in [1.807, 2.05) is 0 Å². The first-order valence-electron chi connectivity index (χ1n) is 3.39. The maximum atomic E-state index is 11.2. The molecule has 0 spiro atoms. The summed E-state index contributed by atoms with van der Waals surface area (Å²) in [6.07, 6.45) is 0.911. The Labute approximate surface area is 79.6 Å². The van der Waals surface area contributed by atoms with Gasteiger partial charge in [-0.2, -0.15) is 0 Å². The van der Waals surface area contributed by atoms with Gasteiger partial charge in [0.1, 0.15) is 0 Å². The molecule has 0 aromatic heterocycles. The average Bonchev–Trinajstić information content (AvgIpc) is 2.03. The minimum absolute atomic E-state index is 0.382. The summed E-state index contributed by atoms with van der Waals surface area (Å²) in [7, 11) is -5.36. The van der Waals surface area contributed by atoms with E-state index in [1.165, 1.54) is 0 Å². The summed E-state index contributed by atoms with van der Waals surface area (Å²) in [6.45, 7) is 0. The van der Waals surface area contributed by atoms with E-state index in [-0.39, 0.29) is 0 Å². The number of nitrogens with zero attached hydrogens (tertiary/aromatic N) is 1. The minimum atomic E-state index is -3.55. The second kappa shape index (κ2) is 3.99. The van der Waals surface area contributed by atoms with Crippen molar-refractivity contribution < 1.29 is 12.6 Å². The molecule has 0 radical (unpaired) electrons. The van der Waals surface area contributed by atoms with Crippen molar-refractivity contribution in [2.24, 2.45) is 0 Å². The van der Waals surface area contributed by atoms with Crippen molar-refractivity contribution in [2.75, 3.05) is 6.26 Å². The van der Waals surface area contributed by atoms with Crippen molar-refractivity contribution in [3.63, 3.8) is 0 Å². The summed E-state index contributed by atoms with van der Waals surface area (Å²) in [5.74, 6) is 0. The molecule has 1 atom stereocenters. The van der Waals surface area contributed by atoms with E-state index >= 15 is 0 Å². The minimum Gasteiger partial charge on any atom is -0.459 e. The first-order valence-corrected chi connectivity index (χ1v) is 6.34. The van der Waals surface area contributed by atoms with Gasteiger partial charge in [-0.3, -0.25) is 4.21 Å². The molecule has 1 rings (SSSR count). The highest BCUT2D eigenvalue weighted by molar-refractivity contribution is 8.09. The number of hydrogen-bond acceptors (Lipinski definition) is 3. The maximum Gasteiger partial charge on any atom is 0.0786 e. The van der Waals surface area contributed by atoms with Crippen molar-refractivity contribution in [1.29, 1.82) is 0 Å². The molecule has 0 aliphatic rings. The first kappa shape index (κ1) is 10.4. The van der Waals surface area contributed by atoms with Crippen LogP contribution in [0.25, 0.3) is 4.13 Å². The van der Waals surface area contributed by atoms with Crippen LogP contribution in [0.1, 0.15) is 0 Å². The maximum absolute atomic E-state index is 11.2. The third kappa shape index (κ3) is 3.67. The molecular formula is C7H8NO3S2-. The zero-order valence-electron chi connectivity index (χ0n) is 6.88. The van der Waals surface area contributed by atoms with Gasteiger partial charge < -0.3 is 4.13 Å². The number of sulfonamides is 1. The predicted molar refractivity (Wildman–Crippen MR) is 51.1 cm³/mol. The molecule has 72 valence electrons. The predicted octanol–water partition coefficient (Wildman–Crippen LogP) is 1.04. The van der Waals surface area contributed by atoms with Gasteiger partial charge in [0.2, 0.25) is 0 Å². The quantitative estimate of drug-likeness (QED) is 0.761. The van der Waals surface area contributed by atoms with Gasteiger partial charge in [-0.1, -0.05) is 18.2 Å². The van der Waals surface area contributed by atoms with Gasteiger partial charge in [0.25, 0.3) is 0 Å². The van der Waals surface area contributed by atoms with Gasteiger partial charge in [-0.25, -0.2) is 8.42 Å². The van der Waals surface area contributed by atoms with Crippen LogP contribution in [0.15, 0.2) is 35.2 Å². The van der Waals surface area contributed by atoms with Gasteiger partial charge in [0.15, 0.2) is 0 Å². The van der Waals surface area contributed by atoms with E-state index < -0.39 is 21.0 Å². The highest BCUT2D eigenvalue weighted by Gasteiger charge is 1.95. The molecule has 1 aromatic carbocycles. The molecule has 13 heavy (non-hydrogen) atoms. The molecule has 0 amide bonds. The topological polar surface area (TPSA) is 65.3 Å². The fourth-order valence-electron chi connectivity index (χ4n) is 0.703. The Balaban J connectivity index is 2.82. The molecule has 0 aliphatic heterocycles. The average molecular weight is 218 g/mol.